The van der Waals surface area contributed by atoms with E-state index in [9.17, 15) is 9.18 Å². The number of fused-ring (bicyclic) bond motifs is 1. The Labute approximate surface area is 166 Å². The van der Waals surface area contributed by atoms with Crippen LogP contribution in [0.15, 0.2) is 59.6 Å². The molecule has 3 aromatic rings. The molecule has 0 aliphatic carbocycles. The topological polar surface area (TPSA) is 25.2 Å². The van der Waals surface area contributed by atoms with Gasteiger partial charge in [-0.2, -0.15) is 0 Å². The summed E-state index contributed by atoms with van der Waals surface area (Å²) in [6.07, 6.45) is 4.98. The van der Waals surface area contributed by atoms with Crippen molar-refractivity contribution in [1.29, 1.82) is 0 Å². The predicted molar refractivity (Wildman–Crippen MR) is 114 cm³/mol. The van der Waals surface area contributed by atoms with E-state index in [0.717, 1.165) is 29.4 Å². The van der Waals surface area contributed by atoms with E-state index in [-0.39, 0.29) is 5.91 Å². The maximum atomic E-state index is 13.6. The maximum absolute atomic E-state index is 13.6. The van der Waals surface area contributed by atoms with E-state index in [4.69, 9.17) is 12.2 Å². The minimum Gasteiger partial charge on any atom is -0.347 e. The van der Waals surface area contributed by atoms with Crippen molar-refractivity contribution in [1.82, 2.24) is 4.57 Å². The third-order valence-electron chi connectivity index (χ3n) is 4.43. The lowest BCUT2D eigenvalue weighted by Crippen LogP contribution is -2.27. The smallest absolute Gasteiger partial charge is 0.270 e. The third-order valence-corrected chi connectivity index (χ3v) is 5.73. The van der Waals surface area contributed by atoms with Crippen LogP contribution in [0.1, 0.15) is 18.9 Å². The number of aryl methyl sites for hydroxylation is 1. The first-order chi connectivity index (χ1) is 13.1. The fourth-order valence-corrected chi connectivity index (χ4v) is 4.55. The predicted octanol–water partition coefficient (Wildman–Crippen LogP) is 5.60. The average molecular weight is 397 g/mol. The fourth-order valence-electron chi connectivity index (χ4n) is 3.26. The molecule has 1 aromatic heterocycles. The molecule has 6 heteroatoms. The second kappa shape index (κ2) is 7.29. The van der Waals surface area contributed by atoms with E-state index >= 15 is 0 Å². The first kappa shape index (κ1) is 17.9. The highest BCUT2D eigenvalue weighted by atomic mass is 32.2. The Morgan fingerprint density at radius 1 is 1.19 bits per heavy atom. The largest absolute Gasteiger partial charge is 0.347 e. The van der Waals surface area contributed by atoms with Gasteiger partial charge in [-0.3, -0.25) is 9.69 Å². The Kier molecular flexibility index (Phi) is 4.85. The number of nitrogens with zero attached hydrogens (tertiary/aromatic N) is 2. The summed E-state index contributed by atoms with van der Waals surface area (Å²) in [6, 6.07) is 14.1. The van der Waals surface area contributed by atoms with Gasteiger partial charge in [0.05, 0.1) is 10.6 Å². The number of aromatic nitrogens is 1. The van der Waals surface area contributed by atoms with Gasteiger partial charge in [-0.25, -0.2) is 4.39 Å². The highest BCUT2D eigenvalue weighted by Gasteiger charge is 2.33. The van der Waals surface area contributed by atoms with Crippen LogP contribution in [0.4, 0.5) is 10.1 Å². The van der Waals surface area contributed by atoms with Crippen molar-refractivity contribution in [3.63, 3.8) is 0 Å². The third kappa shape index (κ3) is 3.31. The Morgan fingerprint density at radius 2 is 2.00 bits per heavy atom. The van der Waals surface area contributed by atoms with Gasteiger partial charge in [-0.05, 0) is 36.8 Å². The number of thioether (sulfide) groups is 1. The molecule has 0 bridgehead atoms. The number of para-hydroxylation sites is 1. The van der Waals surface area contributed by atoms with Crippen LogP contribution in [0.3, 0.4) is 0 Å². The number of anilines is 1. The molecular weight excluding hydrogens is 379 g/mol. The second-order valence-electron chi connectivity index (χ2n) is 6.29. The van der Waals surface area contributed by atoms with Gasteiger partial charge < -0.3 is 4.57 Å². The van der Waals surface area contributed by atoms with E-state index in [1.54, 1.807) is 12.1 Å². The second-order valence-corrected chi connectivity index (χ2v) is 7.97. The normalized spacial score (nSPS) is 16.1. The minimum atomic E-state index is -0.395. The van der Waals surface area contributed by atoms with Gasteiger partial charge in [-0.1, -0.05) is 55.2 Å². The summed E-state index contributed by atoms with van der Waals surface area (Å²) in [5.74, 6) is -0.615. The van der Waals surface area contributed by atoms with Crippen molar-refractivity contribution in [3.8, 4) is 0 Å². The molecule has 4 rings (SSSR count). The van der Waals surface area contributed by atoms with E-state index in [2.05, 4.69) is 29.8 Å². The number of benzene rings is 2. The van der Waals surface area contributed by atoms with E-state index in [1.807, 2.05) is 18.2 Å². The molecule has 2 aromatic carbocycles. The zero-order chi connectivity index (χ0) is 19.0. The highest BCUT2D eigenvalue weighted by molar-refractivity contribution is 8.27. The Bertz CT molecular complexity index is 1090. The molecule has 2 heterocycles. The summed E-state index contributed by atoms with van der Waals surface area (Å²) in [6.45, 7) is 3.05. The number of hydrogen-bond acceptors (Lipinski definition) is 3. The molecule has 1 amide bonds. The quantitative estimate of drug-likeness (QED) is 0.424. The van der Waals surface area contributed by atoms with Crippen LogP contribution < -0.4 is 4.90 Å². The van der Waals surface area contributed by atoms with Gasteiger partial charge >= 0.3 is 0 Å². The maximum Gasteiger partial charge on any atom is 0.270 e. The van der Waals surface area contributed by atoms with E-state index in [1.165, 1.54) is 28.8 Å². The van der Waals surface area contributed by atoms with Crippen LogP contribution in [0.2, 0.25) is 0 Å². The van der Waals surface area contributed by atoms with Crippen LogP contribution in [0, 0.1) is 5.82 Å². The Balaban J connectivity index is 1.74. The standard InChI is InChI=1S/C21H17FN2OS2/c1-2-10-23-13-14(17-8-3-4-9-18(17)23)11-19-20(25)24(21(26)27-19)16-7-5-6-15(22)12-16/h3-9,11-13H,2,10H2,1H3/b19-11+. The number of carbonyl (C=O) groups excluding carboxylic acids is 1. The number of thiocarbonyl (C=S) groups is 1. The van der Waals surface area contributed by atoms with Crippen molar-refractivity contribution in [3.05, 3.63) is 71.0 Å². The van der Waals surface area contributed by atoms with Crippen molar-refractivity contribution in [2.75, 3.05) is 4.90 Å². The monoisotopic (exact) mass is 396 g/mol. The van der Waals surface area contributed by atoms with Crippen LogP contribution in [-0.2, 0) is 11.3 Å². The van der Waals surface area contributed by atoms with Crippen LogP contribution in [-0.4, -0.2) is 14.8 Å². The molecule has 1 fully saturated rings. The Hall–Kier alpha value is -2.44. The van der Waals surface area contributed by atoms with Crippen molar-refractivity contribution >= 4 is 56.9 Å². The van der Waals surface area contributed by atoms with Crippen molar-refractivity contribution < 1.29 is 9.18 Å². The summed E-state index contributed by atoms with van der Waals surface area (Å²) in [7, 11) is 0. The van der Waals surface area contributed by atoms with Gasteiger partial charge in [0, 0.05) is 29.2 Å². The fraction of sp³-hybridized carbons (Fsp3) is 0.143. The van der Waals surface area contributed by atoms with Gasteiger partial charge in [-0.15, -0.1) is 0 Å². The molecule has 0 N–H and O–H groups in total. The highest BCUT2D eigenvalue weighted by Crippen LogP contribution is 2.37. The lowest BCUT2D eigenvalue weighted by molar-refractivity contribution is -0.113. The van der Waals surface area contributed by atoms with Gasteiger partial charge in [0.25, 0.3) is 5.91 Å². The lowest BCUT2D eigenvalue weighted by atomic mass is 10.1. The summed E-state index contributed by atoms with van der Waals surface area (Å²) < 4.78 is 16.2. The molecule has 27 heavy (non-hydrogen) atoms. The molecule has 0 atom stereocenters. The number of amides is 1. The first-order valence-electron chi connectivity index (χ1n) is 8.70. The zero-order valence-corrected chi connectivity index (χ0v) is 16.3. The van der Waals surface area contributed by atoms with Gasteiger partial charge in [0.1, 0.15) is 5.82 Å². The Morgan fingerprint density at radius 3 is 2.78 bits per heavy atom. The molecule has 0 unspecified atom stereocenters. The van der Waals surface area contributed by atoms with Gasteiger partial charge in [0.15, 0.2) is 4.32 Å². The molecule has 3 nitrogen and oxygen atoms in total. The SMILES string of the molecule is CCCn1cc(/C=C2/SC(=S)N(c3cccc(F)c3)C2=O)c2ccccc21. The molecule has 0 saturated carbocycles. The van der Waals surface area contributed by atoms with E-state index < -0.39 is 5.82 Å². The van der Waals surface area contributed by atoms with E-state index in [0.29, 0.717) is 14.9 Å². The molecule has 1 aliphatic heterocycles. The average Bonchev–Trinajstić information content (AvgIpc) is 3.13. The van der Waals surface area contributed by atoms with Crippen LogP contribution in [0.5, 0.6) is 0 Å². The first-order valence-corrected chi connectivity index (χ1v) is 9.92. The number of rotatable bonds is 4. The number of hydrogen-bond donors (Lipinski definition) is 0. The summed E-state index contributed by atoms with van der Waals surface area (Å²) in [4.78, 5) is 14.9. The number of halogens is 1. The molecule has 1 aliphatic rings. The van der Waals surface area contributed by atoms with Gasteiger partial charge in [0.2, 0.25) is 0 Å². The van der Waals surface area contributed by atoms with Crippen molar-refractivity contribution in [2.24, 2.45) is 0 Å². The minimum absolute atomic E-state index is 0.220. The summed E-state index contributed by atoms with van der Waals surface area (Å²) in [5, 5.41) is 1.10. The van der Waals surface area contributed by atoms with Crippen molar-refractivity contribution in [2.45, 2.75) is 19.9 Å². The number of carbonyl (C=O) groups is 1. The molecule has 0 radical (unpaired) electrons. The lowest BCUT2D eigenvalue weighted by Gasteiger charge is -2.14. The molecule has 136 valence electrons. The molecule has 0 spiro atoms. The summed E-state index contributed by atoms with van der Waals surface area (Å²) in [5.41, 5.74) is 2.58. The zero-order valence-electron chi connectivity index (χ0n) is 14.7. The van der Waals surface area contributed by atoms with Crippen LogP contribution >= 0.6 is 24.0 Å². The molecule has 1 saturated heterocycles. The summed E-state index contributed by atoms with van der Waals surface area (Å²) >= 11 is 6.62. The molecular formula is C21H17FN2OS2. The van der Waals surface area contributed by atoms with Crippen LogP contribution in [0.25, 0.3) is 17.0 Å².